The molecule has 0 aliphatic heterocycles. The number of aromatic nitrogens is 1. The molecule has 0 saturated heterocycles. The number of rotatable bonds is 5. The van der Waals surface area contributed by atoms with Crippen LogP contribution in [0.25, 0.3) is 6.08 Å². The summed E-state index contributed by atoms with van der Waals surface area (Å²) in [6, 6.07) is 8.25. The van der Waals surface area contributed by atoms with Gasteiger partial charge in [-0.3, -0.25) is 9.78 Å². The number of nitrogens with one attached hydrogen (secondary N) is 1. The first kappa shape index (κ1) is 18.1. The SMILES string of the molecule is CC1CCCCC1NC(=O)/C=C/c1ccc(Oc2cccnc2)c(F)c1. The van der Waals surface area contributed by atoms with E-state index in [0.29, 0.717) is 17.2 Å². The number of halogens is 1. The van der Waals surface area contributed by atoms with E-state index in [-0.39, 0.29) is 17.7 Å². The molecule has 1 aliphatic carbocycles. The number of amides is 1. The summed E-state index contributed by atoms with van der Waals surface area (Å²) in [5.74, 6) is 0.464. The fourth-order valence-corrected chi connectivity index (χ4v) is 3.17. The number of carbonyl (C=O) groups is 1. The zero-order valence-electron chi connectivity index (χ0n) is 14.8. The summed E-state index contributed by atoms with van der Waals surface area (Å²) in [7, 11) is 0. The molecule has 0 radical (unpaired) electrons. The maximum atomic E-state index is 14.2. The topological polar surface area (TPSA) is 51.2 Å². The molecule has 1 aromatic carbocycles. The van der Waals surface area contributed by atoms with Gasteiger partial charge in [0.05, 0.1) is 6.20 Å². The summed E-state index contributed by atoms with van der Waals surface area (Å²) < 4.78 is 19.7. The molecule has 1 amide bonds. The first-order valence-corrected chi connectivity index (χ1v) is 8.98. The van der Waals surface area contributed by atoms with Crippen LogP contribution in [0.1, 0.15) is 38.2 Å². The minimum Gasteiger partial charge on any atom is -0.453 e. The Morgan fingerprint density at radius 1 is 1.31 bits per heavy atom. The van der Waals surface area contributed by atoms with Crippen molar-refractivity contribution >= 4 is 12.0 Å². The summed E-state index contributed by atoms with van der Waals surface area (Å²) in [6.45, 7) is 2.17. The third-order valence-electron chi connectivity index (χ3n) is 4.68. The highest BCUT2D eigenvalue weighted by Crippen LogP contribution is 2.25. The van der Waals surface area contributed by atoms with Crippen molar-refractivity contribution < 1.29 is 13.9 Å². The maximum absolute atomic E-state index is 14.2. The Kier molecular flexibility index (Phi) is 6.00. The molecule has 3 rings (SSSR count). The molecule has 1 heterocycles. The number of benzene rings is 1. The van der Waals surface area contributed by atoms with E-state index >= 15 is 0 Å². The third-order valence-corrected chi connectivity index (χ3v) is 4.68. The zero-order chi connectivity index (χ0) is 18.4. The largest absolute Gasteiger partial charge is 0.453 e. The van der Waals surface area contributed by atoms with Crippen LogP contribution in [0.2, 0.25) is 0 Å². The molecule has 4 nitrogen and oxygen atoms in total. The lowest BCUT2D eigenvalue weighted by Gasteiger charge is -2.29. The second kappa shape index (κ2) is 8.61. The van der Waals surface area contributed by atoms with E-state index in [9.17, 15) is 9.18 Å². The van der Waals surface area contributed by atoms with Crippen LogP contribution in [0.3, 0.4) is 0 Å². The lowest BCUT2D eigenvalue weighted by atomic mass is 9.86. The summed E-state index contributed by atoms with van der Waals surface area (Å²) >= 11 is 0. The summed E-state index contributed by atoms with van der Waals surface area (Å²) in [4.78, 5) is 16.0. The molecule has 0 bridgehead atoms. The number of ether oxygens (including phenoxy) is 1. The van der Waals surface area contributed by atoms with Crippen molar-refractivity contribution in [1.82, 2.24) is 10.3 Å². The van der Waals surface area contributed by atoms with Gasteiger partial charge in [-0.15, -0.1) is 0 Å². The van der Waals surface area contributed by atoms with E-state index in [1.54, 1.807) is 36.5 Å². The van der Waals surface area contributed by atoms with Crippen LogP contribution >= 0.6 is 0 Å². The Bertz CT molecular complexity index is 777. The van der Waals surface area contributed by atoms with Gasteiger partial charge in [-0.05, 0) is 54.7 Å². The Morgan fingerprint density at radius 3 is 2.88 bits per heavy atom. The van der Waals surface area contributed by atoms with E-state index < -0.39 is 5.82 Å². The van der Waals surface area contributed by atoms with Gasteiger partial charge in [-0.1, -0.05) is 25.8 Å². The predicted octanol–water partition coefficient (Wildman–Crippen LogP) is 4.72. The fourth-order valence-electron chi connectivity index (χ4n) is 3.17. The second-order valence-corrected chi connectivity index (χ2v) is 6.69. The predicted molar refractivity (Wildman–Crippen MR) is 99.3 cm³/mol. The Morgan fingerprint density at radius 2 is 2.15 bits per heavy atom. The van der Waals surface area contributed by atoms with E-state index in [2.05, 4.69) is 17.2 Å². The number of hydrogen-bond acceptors (Lipinski definition) is 3. The molecule has 2 atom stereocenters. The lowest BCUT2D eigenvalue weighted by Crippen LogP contribution is -2.40. The monoisotopic (exact) mass is 354 g/mol. The van der Waals surface area contributed by atoms with Gasteiger partial charge in [-0.25, -0.2) is 4.39 Å². The highest BCUT2D eigenvalue weighted by atomic mass is 19.1. The Hall–Kier alpha value is -2.69. The summed E-state index contributed by atoms with van der Waals surface area (Å²) in [6.07, 6.45) is 10.8. The molecule has 1 fully saturated rings. The van der Waals surface area contributed by atoms with Crippen molar-refractivity contribution in [1.29, 1.82) is 0 Å². The van der Waals surface area contributed by atoms with Crippen molar-refractivity contribution in [3.05, 3.63) is 60.2 Å². The third kappa shape index (κ3) is 4.91. The molecule has 136 valence electrons. The highest BCUT2D eigenvalue weighted by Gasteiger charge is 2.21. The molecular weight excluding hydrogens is 331 g/mol. The van der Waals surface area contributed by atoms with Crippen molar-refractivity contribution in [3.63, 3.8) is 0 Å². The lowest BCUT2D eigenvalue weighted by molar-refractivity contribution is -0.117. The molecule has 2 unspecified atom stereocenters. The standard InChI is InChI=1S/C21H23FN2O2/c1-15-5-2-3-7-19(15)24-21(25)11-9-16-8-10-20(18(22)13-16)26-17-6-4-12-23-14-17/h4,6,8-15,19H,2-3,5,7H2,1H3,(H,24,25)/b11-9+. The van der Waals surface area contributed by atoms with Crippen LogP contribution in [0.15, 0.2) is 48.8 Å². The molecule has 5 heteroatoms. The maximum Gasteiger partial charge on any atom is 0.244 e. The van der Waals surface area contributed by atoms with E-state index in [0.717, 1.165) is 19.3 Å². The van der Waals surface area contributed by atoms with Crippen LogP contribution < -0.4 is 10.1 Å². The Labute approximate surface area is 153 Å². The van der Waals surface area contributed by atoms with Gasteiger partial charge in [0, 0.05) is 18.3 Å². The molecular formula is C21H23FN2O2. The quantitative estimate of drug-likeness (QED) is 0.791. The Balaban J connectivity index is 1.60. The molecule has 1 N–H and O–H groups in total. The second-order valence-electron chi connectivity index (χ2n) is 6.69. The smallest absolute Gasteiger partial charge is 0.244 e. The van der Waals surface area contributed by atoms with Crippen LogP contribution in [0, 0.1) is 11.7 Å². The van der Waals surface area contributed by atoms with Crippen LogP contribution in [0.4, 0.5) is 4.39 Å². The van der Waals surface area contributed by atoms with Gasteiger partial charge in [0.2, 0.25) is 5.91 Å². The van der Waals surface area contributed by atoms with Crippen LogP contribution in [-0.4, -0.2) is 16.9 Å². The molecule has 1 saturated carbocycles. The highest BCUT2D eigenvalue weighted by molar-refractivity contribution is 5.91. The van der Waals surface area contributed by atoms with Crippen molar-refractivity contribution in [3.8, 4) is 11.5 Å². The average molecular weight is 354 g/mol. The van der Waals surface area contributed by atoms with Gasteiger partial charge in [0.15, 0.2) is 11.6 Å². The van der Waals surface area contributed by atoms with Crippen molar-refractivity contribution in [2.75, 3.05) is 0 Å². The first-order valence-electron chi connectivity index (χ1n) is 8.98. The molecule has 1 aromatic heterocycles. The zero-order valence-corrected chi connectivity index (χ0v) is 14.8. The van der Waals surface area contributed by atoms with Gasteiger partial charge < -0.3 is 10.1 Å². The minimum absolute atomic E-state index is 0.121. The molecule has 0 spiro atoms. The number of carbonyl (C=O) groups excluding carboxylic acids is 1. The van der Waals surface area contributed by atoms with E-state index in [4.69, 9.17) is 4.74 Å². The van der Waals surface area contributed by atoms with Crippen molar-refractivity contribution in [2.45, 2.75) is 38.6 Å². The van der Waals surface area contributed by atoms with Gasteiger partial charge in [0.25, 0.3) is 0 Å². The minimum atomic E-state index is -0.489. The first-order chi connectivity index (χ1) is 12.6. The number of nitrogens with zero attached hydrogens (tertiary/aromatic N) is 1. The van der Waals surface area contributed by atoms with Crippen LogP contribution in [0.5, 0.6) is 11.5 Å². The normalized spacial score (nSPS) is 20.1. The molecule has 2 aromatic rings. The van der Waals surface area contributed by atoms with E-state index in [1.807, 2.05) is 0 Å². The fraction of sp³-hybridized carbons (Fsp3) is 0.333. The van der Waals surface area contributed by atoms with Gasteiger partial charge in [-0.2, -0.15) is 0 Å². The summed E-state index contributed by atoms with van der Waals surface area (Å²) in [5.41, 5.74) is 0.605. The van der Waals surface area contributed by atoms with Crippen LogP contribution in [-0.2, 0) is 4.79 Å². The molecule has 26 heavy (non-hydrogen) atoms. The molecule has 1 aliphatic rings. The number of pyridine rings is 1. The van der Waals surface area contributed by atoms with Gasteiger partial charge >= 0.3 is 0 Å². The van der Waals surface area contributed by atoms with Gasteiger partial charge in [0.1, 0.15) is 5.75 Å². The van der Waals surface area contributed by atoms with E-state index in [1.165, 1.54) is 24.8 Å². The summed E-state index contributed by atoms with van der Waals surface area (Å²) in [5, 5.41) is 3.05. The van der Waals surface area contributed by atoms with Crippen molar-refractivity contribution in [2.24, 2.45) is 5.92 Å². The average Bonchev–Trinajstić information content (AvgIpc) is 2.65. The number of hydrogen-bond donors (Lipinski definition) is 1.